The molecular formula is C18H30IN3O2. The van der Waals surface area contributed by atoms with Crippen LogP contribution in [0, 0.1) is 6.92 Å². The maximum absolute atomic E-state index is 5.76. The predicted octanol–water partition coefficient (Wildman–Crippen LogP) is 2.86. The van der Waals surface area contributed by atoms with Crippen LogP contribution in [0.3, 0.4) is 0 Å². The summed E-state index contributed by atoms with van der Waals surface area (Å²) in [6.07, 6.45) is 1.82. The van der Waals surface area contributed by atoms with Crippen LogP contribution in [0.2, 0.25) is 0 Å². The molecule has 0 unspecified atom stereocenters. The first-order valence-corrected chi connectivity index (χ1v) is 8.39. The summed E-state index contributed by atoms with van der Waals surface area (Å²) in [7, 11) is 1.78. The Morgan fingerprint density at radius 2 is 1.96 bits per heavy atom. The van der Waals surface area contributed by atoms with E-state index in [9.17, 15) is 0 Å². The second-order valence-electron chi connectivity index (χ2n) is 5.97. The van der Waals surface area contributed by atoms with Gasteiger partial charge in [0.05, 0.1) is 12.1 Å². The Bertz CT molecular complexity index is 517. The number of hydrogen-bond acceptors (Lipinski definition) is 3. The zero-order chi connectivity index (χ0) is 16.5. The van der Waals surface area contributed by atoms with Crippen molar-refractivity contribution in [1.29, 1.82) is 0 Å². The Hall–Kier alpha value is -0.860. The van der Waals surface area contributed by atoms with E-state index >= 15 is 0 Å². The van der Waals surface area contributed by atoms with Gasteiger partial charge in [0.1, 0.15) is 0 Å². The van der Waals surface area contributed by atoms with Gasteiger partial charge in [0, 0.05) is 46.3 Å². The number of ether oxygens (including phenoxy) is 2. The topological polar surface area (TPSA) is 54.9 Å². The molecule has 136 valence electrons. The number of hydrogen-bond donors (Lipinski definition) is 2. The summed E-state index contributed by atoms with van der Waals surface area (Å²) < 4.78 is 11.2. The van der Waals surface area contributed by atoms with Gasteiger partial charge in [0.15, 0.2) is 5.96 Å². The highest BCUT2D eigenvalue weighted by Gasteiger charge is 2.32. The standard InChI is InChI=1S/C18H29N3O2.HI/c1-4-19-17(20-13-16-8-6-5-7-15(16)2)21-14-18(22-3)9-11-23-12-10-18;/h5-8H,4,9-14H2,1-3H3,(H2,19,20,21);1H. The van der Waals surface area contributed by atoms with Crippen molar-refractivity contribution in [1.82, 2.24) is 10.6 Å². The molecule has 0 amide bonds. The lowest BCUT2D eigenvalue weighted by Crippen LogP contribution is -2.50. The van der Waals surface area contributed by atoms with Crippen LogP contribution in [0.15, 0.2) is 29.3 Å². The minimum absolute atomic E-state index is 0. The molecule has 1 heterocycles. The van der Waals surface area contributed by atoms with E-state index in [1.54, 1.807) is 7.11 Å². The van der Waals surface area contributed by atoms with Crippen LogP contribution >= 0.6 is 24.0 Å². The van der Waals surface area contributed by atoms with Gasteiger partial charge in [-0.15, -0.1) is 24.0 Å². The van der Waals surface area contributed by atoms with Gasteiger partial charge < -0.3 is 20.1 Å². The number of aryl methyl sites for hydroxylation is 1. The van der Waals surface area contributed by atoms with Gasteiger partial charge >= 0.3 is 0 Å². The molecule has 0 radical (unpaired) electrons. The molecule has 0 aliphatic carbocycles. The van der Waals surface area contributed by atoms with E-state index in [0.29, 0.717) is 6.54 Å². The Balaban J connectivity index is 0.00000288. The first kappa shape index (κ1) is 21.2. The van der Waals surface area contributed by atoms with Crippen molar-refractivity contribution in [3.63, 3.8) is 0 Å². The third-order valence-corrected chi connectivity index (χ3v) is 4.43. The molecule has 2 rings (SSSR count). The number of aliphatic imine (C=N–C) groups is 1. The fourth-order valence-electron chi connectivity index (χ4n) is 2.73. The third kappa shape index (κ3) is 6.22. The van der Waals surface area contributed by atoms with E-state index in [4.69, 9.17) is 14.5 Å². The van der Waals surface area contributed by atoms with Crippen LogP contribution in [-0.2, 0) is 16.0 Å². The lowest BCUT2D eigenvalue weighted by Gasteiger charge is -2.36. The van der Waals surface area contributed by atoms with Crippen LogP contribution in [0.4, 0.5) is 0 Å². The monoisotopic (exact) mass is 447 g/mol. The summed E-state index contributed by atoms with van der Waals surface area (Å²) in [5, 5.41) is 6.74. The molecule has 1 aromatic rings. The number of halogens is 1. The zero-order valence-electron chi connectivity index (χ0n) is 14.9. The van der Waals surface area contributed by atoms with Crippen molar-refractivity contribution in [2.75, 3.05) is 33.4 Å². The summed E-state index contributed by atoms with van der Waals surface area (Å²) in [6.45, 7) is 7.96. The minimum Gasteiger partial charge on any atom is -0.381 e. The highest BCUT2D eigenvalue weighted by molar-refractivity contribution is 14.0. The second-order valence-corrected chi connectivity index (χ2v) is 5.97. The van der Waals surface area contributed by atoms with Crippen LogP contribution in [-0.4, -0.2) is 45.0 Å². The van der Waals surface area contributed by atoms with Crippen molar-refractivity contribution < 1.29 is 9.47 Å². The lowest BCUT2D eigenvalue weighted by atomic mass is 9.94. The first-order chi connectivity index (χ1) is 11.2. The normalized spacial score (nSPS) is 17.0. The molecule has 6 heteroatoms. The highest BCUT2D eigenvalue weighted by atomic mass is 127. The fourth-order valence-corrected chi connectivity index (χ4v) is 2.73. The SMILES string of the molecule is CCNC(=NCc1ccccc1C)NCC1(OC)CCOCC1.I. The Morgan fingerprint density at radius 3 is 2.58 bits per heavy atom. The van der Waals surface area contributed by atoms with Gasteiger partial charge in [-0.3, -0.25) is 0 Å². The lowest BCUT2D eigenvalue weighted by molar-refractivity contribution is -0.0855. The molecule has 1 aromatic carbocycles. The van der Waals surface area contributed by atoms with Crippen LogP contribution in [0.5, 0.6) is 0 Å². The number of benzene rings is 1. The highest BCUT2D eigenvalue weighted by Crippen LogP contribution is 2.23. The van der Waals surface area contributed by atoms with Crippen molar-refractivity contribution in [3.05, 3.63) is 35.4 Å². The van der Waals surface area contributed by atoms with E-state index in [1.165, 1.54) is 11.1 Å². The van der Waals surface area contributed by atoms with E-state index in [0.717, 1.165) is 45.1 Å². The predicted molar refractivity (Wildman–Crippen MR) is 109 cm³/mol. The Kier molecular flexibility index (Phi) is 9.61. The molecule has 0 atom stereocenters. The summed E-state index contributed by atoms with van der Waals surface area (Å²) in [5.74, 6) is 0.832. The molecule has 1 aliphatic heterocycles. The van der Waals surface area contributed by atoms with Gasteiger partial charge in [-0.2, -0.15) is 0 Å². The molecule has 1 aliphatic rings. The maximum Gasteiger partial charge on any atom is 0.191 e. The molecule has 0 aromatic heterocycles. The molecule has 0 saturated carbocycles. The summed E-state index contributed by atoms with van der Waals surface area (Å²) in [6, 6.07) is 8.35. The number of rotatable bonds is 6. The number of methoxy groups -OCH3 is 1. The Labute approximate surface area is 162 Å². The zero-order valence-corrected chi connectivity index (χ0v) is 17.3. The molecule has 2 N–H and O–H groups in total. The van der Waals surface area contributed by atoms with Crippen LogP contribution < -0.4 is 10.6 Å². The first-order valence-electron chi connectivity index (χ1n) is 8.39. The molecule has 0 bridgehead atoms. The van der Waals surface area contributed by atoms with Crippen molar-refractivity contribution in [2.45, 2.75) is 38.8 Å². The van der Waals surface area contributed by atoms with Crippen molar-refractivity contribution in [2.24, 2.45) is 4.99 Å². The fraction of sp³-hybridized carbons (Fsp3) is 0.611. The van der Waals surface area contributed by atoms with E-state index < -0.39 is 0 Å². The average molecular weight is 447 g/mol. The summed E-state index contributed by atoms with van der Waals surface area (Å²) in [5.41, 5.74) is 2.36. The third-order valence-electron chi connectivity index (χ3n) is 4.43. The van der Waals surface area contributed by atoms with Gasteiger partial charge in [-0.25, -0.2) is 4.99 Å². The Morgan fingerprint density at radius 1 is 1.25 bits per heavy atom. The number of nitrogens with one attached hydrogen (secondary N) is 2. The summed E-state index contributed by atoms with van der Waals surface area (Å²) >= 11 is 0. The largest absolute Gasteiger partial charge is 0.381 e. The molecule has 1 fully saturated rings. The van der Waals surface area contributed by atoms with Gasteiger partial charge in [-0.05, 0) is 25.0 Å². The average Bonchev–Trinajstić information content (AvgIpc) is 2.59. The maximum atomic E-state index is 5.76. The van der Waals surface area contributed by atoms with Gasteiger partial charge in [0.2, 0.25) is 0 Å². The molecule has 1 saturated heterocycles. The van der Waals surface area contributed by atoms with Gasteiger partial charge in [-0.1, -0.05) is 24.3 Å². The van der Waals surface area contributed by atoms with E-state index in [1.807, 2.05) is 0 Å². The summed E-state index contributed by atoms with van der Waals surface area (Å²) in [4.78, 5) is 4.70. The van der Waals surface area contributed by atoms with Crippen LogP contribution in [0.25, 0.3) is 0 Å². The molecule has 5 nitrogen and oxygen atoms in total. The minimum atomic E-state index is -0.156. The van der Waals surface area contributed by atoms with Crippen LogP contribution in [0.1, 0.15) is 30.9 Å². The molecular weight excluding hydrogens is 417 g/mol. The molecule has 0 spiro atoms. The van der Waals surface area contributed by atoms with E-state index in [-0.39, 0.29) is 29.6 Å². The van der Waals surface area contributed by atoms with E-state index in [2.05, 4.69) is 48.7 Å². The molecule has 24 heavy (non-hydrogen) atoms. The number of guanidine groups is 1. The number of nitrogens with zero attached hydrogens (tertiary/aromatic N) is 1. The van der Waals surface area contributed by atoms with Gasteiger partial charge in [0.25, 0.3) is 0 Å². The quantitative estimate of drug-likeness (QED) is 0.400. The smallest absolute Gasteiger partial charge is 0.191 e. The van der Waals surface area contributed by atoms with Crippen molar-refractivity contribution >= 4 is 29.9 Å². The second kappa shape index (κ2) is 10.9. The van der Waals surface area contributed by atoms with Crippen molar-refractivity contribution in [3.8, 4) is 0 Å².